The number of likely N-dealkylation sites (tertiary alicyclic amines) is 1. The number of hydrogen-bond donors (Lipinski definition) is 2. The summed E-state index contributed by atoms with van der Waals surface area (Å²) in [5.74, 6) is -3.13. The Balaban J connectivity index is 1.31. The van der Waals surface area contributed by atoms with E-state index in [4.69, 9.17) is 9.47 Å². The summed E-state index contributed by atoms with van der Waals surface area (Å²) in [5, 5.41) is 9.28. The van der Waals surface area contributed by atoms with Gasteiger partial charge in [0.15, 0.2) is 0 Å². The summed E-state index contributed by atoms with van der Waals surface area (Å²) in [6.07, 6.45) is -1.95. The minimum atomic E-state index is -4.60. The number of esters is 1. The third-order valence-electron chi connectivity index (χ3n) is 13.0. The molecule has 4 amide bonds. The van der Waals surface area contributed by atoms with Crippen LogP contribution in [0.1, 0.15) is 69.9 Å². The first kappa shape index (κ1) is 47.9. The summed E-state index contributed by atoms with van der Waals surface area (Å²) in [4.78, 5) is 72.1. The molecule has 3 aliphatic rings. The van der Waals surface area contributed by atoms with Crippen LogP contribution < -0.4 is 10.7 Å². The lowest BCUT2D eigenvalue weighted by Gasteiger charge is -2.37. The van der Waals surface area contributed by atoms with Crippen LogP contribution >= 0.6 is 0 Å². The van der Waals surface area contributed by atoms with Crippen molar-refractivity contribution < 1.29 is 46.6 Å². The van der Waals surface area contributed by atoms with Gasteiger partial charge in [-0.05, 0) is 79.5 Å². The maximum Gasteiger partial charge on any atom is 0.406 e. The van der Waals surface area contributed by atoms with Crippen LogP contribution in [0.2, 0.25) is 0 Å². The molecule has 2 N–H and O–H groups in total. The number of likely N-dealkylation sites (N-methyl/N-ethyl adjacent to an activating group) is 1. The number of alkyl halides is 3. The fourth-order valence-corrected chi connectivity index (χ4v) is 9.81. The molecule has 4 aromatic rings. The normalized spacial score (nSPS) is 21.4. The lowest BCUT2D eigenvalue weighted by Crippen LogP contribution is -2.62. The maximum atomic E-state index is 14.6. The number of nitrogens with one attached hydrogen (secondary N) is 2. The lowest BCUT2D eigenvalue weighted by atomic mass is 9.95. The number of nitrogens with zero attached hydrogens (tertiary/aromatic N) is 6. The zero-order valence-corrected chi connectivity index (χ0v) is 38.5. The molecule has 2 aromatic carbocycles. The Morgan fingerprint density at radius 3 is 2.52 bits per heavy atom. The average Bonchev–Trinajstić information content (AvgIpc) is 4.00. The summed E-state index contributed by atoms with van der Waals surface area (Å²) in [6.45, 7) is 10.2. The standard InChI is InChI=1S/C48H59F3N8O7/c1-9-40(60)57-19-17-33(25-57)45(62)55(6)41(27(2)3)44(61)53-38-22-30-12-10-13-31(21-30)32-15-16-39-34(23-32)35(20-28(4)66-47(64)37-14-11-18-59(54-37)46(38)63)43(58(39)26-48(49,50)51)36-24-52-56(7)42(36)29(5)65-8/h9-10,12-13,15-16,21,23-24,27-29,33,37-38,41,54H,1,11,14,17-20,22,25-26H2,2-8H3,(H,53,61)/t28-,29-,33-,37-,38-,41?/m0/s1. The zero-order valence-electron chi connectivity index (χ0n) is 38.5. The molecule has 0 spiro atoms. The van der Waals surface area contributed by atoms with Gasteiger partial charge in [-0.2, -0.15) is 18.3 Å². The van der Waals surface area contributed by atoms with Gasteiger partial charge in [-0.15, -0.1) is 0 Å². The van der Waals surface area contributed by atoms with E-state index in [1.807, 2.05) is 44.2 Å². The van der Waals surface area contributed by atoms with E-state index in [1.165, 1.54) is 33.9 Å². The maximum absolute atomic E-state index is 14.6. The number of aromatic nitrogens is 3. The van der Waals surface area contributed by atoms with Gasteiger partial charge in [0.05, 0.1) is 29.6 Å². The molecule has 0 saturated carbocycles. The number of carbonyl (C=O) groups excluding carboxylic acids is 5. The monoisotopic (exact) mass is 916 g/mol. The van der Waals surface area contributed by atoms with Crippen LogP contribution in [-0.4, -0.2) is 123 Å². The third kappa shape index (κ3) is 9.89. The van der Waals surface area contributed by atoms with E-state index in [9.17, 15) is 37.1 Å². The molecule has 5 heterocycles. The number of cyclic esters (lactones) is 1. The molecule has 3 aliphatic heterocycles. The Bertz CT molecular complexity index is 2520. The fourth-order valence-electron chi connectivity index (χ4n) is 9.81. The summed E-state index contributed by atoms with van der Waals surface area (Å²) < 4.78 is 58.3. The molecule has 18 heteroatoms. The van der Waals surface area contributed by atoms with E-state index in [-0.39, 0.29) is 49.4 Å². The Labute approximate surface area is 382 Å². The number of carbonyl (C=O) groups is 5. The first-order valence-corrected chi connectivity index (χ1v) is 22.4. The molecule has 2 saturated heterocycles. The molecule has 6 bridgehead atoms. The van der Waals surface area contributed by atoms with Crippen LogP contribution in [0.25, 0.3) is 33.3 Å². The van der Waals surface area contributed by atoms with Crippen LogP contribution in [0, 0.1) is 11.8 Å². The molecular weight excluding hydrogens is 858 g/mol. The third-order valence-corrected chi connectivity index (χ3v) is 13.0. The van der Waals surface area contributed by atoms with E-state index in [1.54, 1.807) is 49.7 Å². The van der Waals surface area contributed by atoms with E-state index < -0.39 is 66.8 Å². The average molecular weight is 917 g/mol. The van der Waals surface area contributed by atoms with Crippen molar-refractivity contribution >= 4 is 40.5 Å². The molecule has 66 heavy (non-hydrogen) atoms. The summed E-state index contributed by atoms with van der Waals surface area (Å²) in [6, 6.07) is 9.56. The number of halogens is 3. The Morgan fingerprint density at radius 2 is 1.82 bits per heavy atom. The summed E-state index contributed by atoms with van der Waals surface area (Å²) in [5.41, 5.74) is 7.27. The quantitative estimate of drug-likeness (QED) is 0.155. The van der Waals surface area contributed by atoms with Crippen molar-refractivity contribution in [1.29, 1.82) is 0 Å². The SMILES string of the molecule is C=CC(=O)N1CC[C@H](C(=O)N(C)C(C(=O)N[C@H]2Cc3cccc(c3)-c3ccc4c(c3)c(c(-c3cnn(C)c3[C@H](C)OC)n4CC(F)(F)F)C[C@H](C)OC(=O)[C@@H]3CCCN(N3)C2=O)C(C)C)C1. The highest BCUT2D eigenvalue weighted by molar-refractivity contribution is 5.96. The number of ether oxygens (including phenoxy) is 2. The Morgan fingerprint density at radius 1 is 1.08 bits per heavy atom. The van der Waals surface area contributed by atoms with Gasteiger partial charge in [0.2, 0.25) is 17.7 Å². The van der Waals surface area contributed by atoms with Crippen LogP contribution in [0.4, 0.5) is 13.2 Å². The van der Waals surface area contributed by atoms with Crippen molar-refractivity contribution in [2.24, 2.45) is 18.9 Å². The number of rotatable bonds is 10. The molecule has 0 radical (unpaired) electrons. The highest BCUT2D eigenvalue weighted by Gasteiger charge is 2.40. The molecule has 2 aromatic heterocycles. The molecule has 354 valence electrons. The zero-order chi connectivity index (χ0) is 47.8. The van der Waals surface area contributed by atoms with Gasteiger partial charge in [0, 0.05) is 70.1 Å². The molecular formula is C48H59F3N8O7. The highest BCUT2D eigenvalue weighted by Crippen LogP contribution is 2.42. The predicted octanol–water partition coefficient (Wildman–Crippen LogP) is 5.51. The number of hydrogen-bond acceptors (Lipinski definition) is 9. The Kier molecular flexibility index (Phi) is 14.1. The minimum absolute atomic E-state index is 0.0214. The number of hydrazine groups is 1. The van der Waals surface area contributed by atoms with Gasteiger partial charge in [-0.25, -0.2) is 5.43 Å². The van der Waals surface area contributed by atoms with Crippen molar-refractivity contribution in [2.45, 2.75) is 103 Å². The van der Waals surface area contributed by atoms with Gasteiger partial charge < -0.3 is 29.2 Å². The largest absolute Gasteiger partial charge is 0.461 e. The number of amides is 4. The predicted molar refractivity (Wildman–Crippen MR) is 240 cm³/mol. The van der Waals surface area contributed by atoms with Crippen molar-refractivity contribution in [3.8, 4) is 22.4 Å². The second-order valence-electron chi connectivity index (χ2n) is 18.0. The van der Waals surface area contributed by atoms with Crippen molar-refractivity contribution in [2.75, 3.05) is 33.8 Å². The van der Waals surface area contributed by atoms with Crippen molar-refractivity contribution in [3.63, 3.8) is 0 Å². The first-order valence-electron chi connectivity index (χ1n) is 22.4. The van der Waals surface area contributed by atoms with Crippen molar-refractivity contribution in [3.05, 3.63) is 78.1 Å². The second kappa shape index (κ2) is 19.5. The number of fused-ring (bicyclic) bond motifs is 6. The van der Waals surface area contributed by atoms with Crippen LogP contribution in [0.5, 0.6) is 0 Å². The van der Waals surface area contributed by atoms with Gasteiger partial charge in [-0.3, -0.25) is 33.7 Å². The molecule has 2 fully saturated rings. The number of benzene rings is 2. The van der Waals surface area contributed by atoms with Gasteiger partial charge in [0.1, 0.15) is 30.8 Å². The van der Waals surface area contributed by atoms with E-state index >= 15 is 0 Å². The lowest BCUT2D eigenvalue weighted by molar-refractivity contribution is -0.156. The molecule has 6 atom stereocenters. The molecule has 1 unspecified atom stereocenters. The van der Waals surface area contributed by atoms with Gasteiger partial charge in [-0.1, -0.05) is 50.8 Å². The van der Waals surface area contributed by atoms with Crippen molar-refractivity contribution in [1.82, 2.24) is 39.9 Å². The van der Waals surface area contributed by atoms with E-state index in [0.29, 0.717) is 70.2 Å². The molecule has 7 rings (SSSR count). The Hall–Kier alpha value is -6.01. The van der Waals surface area contributed by atoms with Crippen LogP contribution in [-0.2, 0) is 59.9 Å². The fraction of sp³-hybridized carbons (Fsp3) is 0.500. The first-order chi connectivity index (χ1) is 31.3. The summed E-state index contributed by atoms with van der Waals surface area (Å²) >= 11 is 0. The van der Waals surface area contributed by atoms with E-state index in [2.05, 4.69) is 22.4 Å². The smallest absolute Gasteiger partial charge is 0.406 e. The molecule has 15 nitrogen and oxygen atoms in total. The number of methoxy groups -OCH3 is 1. The summed E-state index contributed by atoms with van der Waals surface area (Å²) in [7, 11) is 4.78. The van der Waals surface area contributed by atoms with Crippen LogP contribution in [0.3, 0.4) is 0 Å². The van der Waals surface area contributed by atoms with E-state index in [0.717, 1.165) is 0 Å². The topological polar surface area (TPSA) is 160 Å². The second-order valence-corrected chi connectivity index (χ2v) is 18.0. The molecule has 0 aliphatic carbocycles. The minimum Gasteiger partial charge on any atom is -0.461 e. The van der Waals surface area contributed by atoms with Gasteiger partial charge in [0.25, 0.3) is 5.91 Å². The van der Waals surface area contributed by atoms with Crippen LogP contribution in [0.15, 0.2) is 61.3 Å². The highest BCUT2D eigenvalue weighted by atomic mass is 19.4. The van der Waals surface area contributed by atoms with Gasteiger partial charge >= 0.3 is 12.1 Å². The number of aryl methyl sites for hydroxylation is 1.